The highest BCUT2D eigenvalue weighted by Gasteiger charge is 2.29. The van der Waals surface area contributed by atoms with Crippen molar-refractivity contribution in [1.82, 2.24) is 0 Å². The number of carbonyl (C=O) groups is 2. The van der Waals surface area contributed by atoms with Crippen LogP contribution in [-0.4, -0.2) is 44.3 Å². The lowest BCUT2D eigenvalue weighted by molar-refractivity contribution is -0.142. The van der Waals surface area contributed by atoms with Gasteiger partial charge < -0.3 is 25.3 Å². The summed E-state index contributed by atoms with van der Waals surface area (Å²) in [5, 5.41) is 2.78. The molecule has 7 nitrogen and oxygen atoms in total. The van der Waals surface area contributed by atoms with Crippen LogP contribution in [0.25, 0.3) is 0 Å². The molecule has 8 heteroatoms. The minimum absolute atomic E-state index is 0. The molecule has 128 valence electrons. The number of nitrogens with one attached hydrogen (secondary N) is 1. The molecule has 1 saturated heterocycles. The van der Waals surface area contributed by atoms with Crippen LogP contribution in [0.4, 0.5) is 5.69 Å². The van der Waals surface area contributed by atoms with Crippen LogP contribution >= 0.6 is 12.4 Å². The Kier molecular flexibility index (Phi) is 7.80. The molecule has 2 atom stereocenters. The topological polar surface area (TPSA) is 99.9 Å². The second kappa shape index (κ2) is 9.34. The second-order valence-electron chi connectivity index (χ2n) is 4.94. The number of ether oxygens (including phenoxy) is 3. The van der Waals surface area contributed by atoms with Gasteiger partial charge in [-0.15, -0.1) is 12.4 Å². The van der Waals surface area contributed by atoms with Crippen molar-refractivity contribution >= 4 is 30.0 Å². The average Bonchev–Trinajstić information content (AvgIpc) is 3.03. The molecular weight excluding hydrogens is 324 g/mol. The highest BCUT2D eigenvalue weighted by Crippen LogP contribution is 2.21. The van der Waals surface area contributed by atoms with Crippen molar-refractivity contribution in [3.63, 3.8) is 0 Å². The predicted octanol–water partition coefficient (Wildman–Crippen LogP) is 1.10. The maximum Gasteiger partial charge on any atom is 0.343 e. The molecule has 0 aliphatic carbocycles. The summed E-state index contributed by atoms with van der Waals surface area (Å²) in [6.07, 6.45) is 0.983. The number of rotatable bonds is 6. The first kappa shape index (κ1) is 19.2. The number of hydrogen-bond acceptors (Lipinski definition) is 6. The number of carbonyl (C=O) groups excluding carboxylic acids is 2. The molecule has 0 spiro atoms. The van der Waals surface area contributed by atoms with Crippen LogP contribution in [0.1, 0.15) is 12.8 Å². The lowest BCUT2D eigenvalue weighted by atomic mass is 10.2. The van der Waals surface area contributed by atoms with Crippen molar-refractivity contribution in [1.29, 1.82) is 0 Å². The second-order valence-corrected chi connectivity index (χ2v) is 4.94. The lowest BCUT2D eigenvalue weighted by Gasteiger charge is -2.13. The van der Waals surface area contributed by atoms with E-state index >= 15 is 0 Å². The van der Waals surface area contributed by atoms with Crippen LogP contribution in [0.5, 0.6) is 5.75 Å². The van der Waals surface area contributed by atoms with Gasteiger partial charge in [-0.2, -0.15) is 0 Å². The van der Waals surface area contributed by atoms with E-state index in [0.29, 0.717) is 24.4 Å². The van der Waals surface area contributed by atoms with Crippen LogP contribution < -0.4 is 15.8 Å². The van der Waals surface area contributed by atoms with E-state index in [4.69, 9.17) is 15.2 Å². The van der Waals surface area contributed by atoms with Crippen molar-refractivity contribution in [2.24, 2.45) is 5.73 Å². The minimum Gasteiger partial charge on any atom is -0.482 e. The monoisotopic (exact) mass is 344 g/mol. The Labute approximate surface area is 140 Å². The fourth-order valence-electron chi connectivity index (χ4n) is 2.13. The molecule has 1 aromatic rings. The molecule has 0 saturated carbocycles. The first-order valence-corrected chi connectivity index (χ1v) is 7.08. The summed E-state index contributed by atoms with van der Waals surface area (Å²) < 4.78 is 15.2. The van der Waals surface area contributed by atoms with E-state index in [1.165, 1.54) is 7.11 Å². The van der Waals surface area contributed by atoms with Crippen LogP contribution in [0.2, 0.25) is 0 Å². The Morgan fingerprint density at radius 1 is 1.30 bits per heavy atom. The summed E-state index contributed by atoms with van der Waals surface area (Å²) in [6.45, 7) is 0.272. The highest BCUT2D eigenvalue weighted by atomic mass is 35.5. The largest absolute Gasteiger partial charge is 0.482 e. The first-order chi connectivity index (χ1) is 10.6. The van der Waals surface area contributed by atoms with Gasteiger partial charge in [-0.05, 0) is 37.1 Å². The molecule has 2 rings (SSSR count). The summed E-state index contributed by atoms with van der Waals surface area (Å²) >= 11 is 0. The standard InChI is InChI=1S/C15H20N2O5.ClH/c1-20-14(18)9-21-11-4-2-10(3-5-11)17-15(19)13-7-6-12(8-16)22-13;/h2-5,12-13H,6-9,16H2,1H3,(H,17,19);1H/t12-,13+;/m1./s1. The Balaban J connectivity index is 0.00000264. The van der Waals surface area contributed by atoms with Crippen LogP contribution in [0.3, 0.4) is 0 Å². The van der Waals surface area contributed by atoms with E-state index in [0.717, 1.165) is 6.42 Å². The quantitative estimate of drug-likeness (QED) is 0.750. The number of amides is 1. The molecular formula is C15H21ClN2O5. The smallest absolute Gasteiger partial charge is 0.343 e. The van der Waals surface area contributed by atoms with Crippen LogP contribution in [0.15, 0.2) is 24.3 Å². The lowest BCUT2D eigenvalue weighted by Crippen LogP contribution is -2.29. The van der Waals surface area contributed by atoms with E-state index in [-0.39, 0.29) is 31.0 Å². The summed E-state index contributed by atoms with van der Waals surface area (Å²) in [6, 6.07) is 6.72. The molecule has 23 heavy (non-hydrogen) atoms. The van der Waals surface area contributed by atoms with Crippen LogP contribution in [0, 0.1) is 0 Å². The van der Waals surface area contributed by atoms with Crippen molar-refractivity contribution < 1.29 is 23.8 Å². The van der Waals surface area contributed by atoms with E-state index in [2.05, 4.69) is 10.1 Å². The Morgan fingerprint density at radius 3 is 2.57 bits per heavy atom. The molecule has 0 unspecified atom stereocenters. The Hall–Kier alpha value is -1.83. The van der Waals surface area contributed by atoms with Crippen molar-refractivity contribution in [3.05, 3.63) is 24.3 Å². The number of methoxy groups -OCH3 is 1. The summed E-state index contributed by atoms with van der Waals surface area (Å²) in [5.41, 5.74) is 6.16. The summed E-state index contributed by atoms with van der Waals surface area (Å²) in [5.74, 6) is -0.117. The third-order valence-corrected chi connectivity index (χ3v) is 3.37. The maximum atomic E-state index is 12.0. The molecule has 0 bridgehead atoms. The van der Waals surface area contributed by atoms with Crippen molar-refractivity contribution in [2.75, 3.05) is 25.6 Å². The van der Waals surface area contributed by atoms with Gasteiger partial charge in [0.1, 0.15) is 11.9 Å². The fraction of sp³-hybridized carbons (Fsp3) is 0.467. The van der Waals surface area contributed by atoms with Gasteiger partial charge in [-0.25, -0.2) is 4.79 Å². The van der Waals surface area contributed by atoms with Gasteiger partial charge in [0.25, 0.3) is 5.91 Å². The molecule has 1 aromatic carbocycles. The zero-order valence-corrected chi connectivity index (χ0v) is 13.6. The average molecular weight is 345 g/mol. The molecule has 3 N–H and O–H groups in total. The third kappa shape index (κ3) is 5.70. The normalized spacial score (nSPS) is 19.6. The number of benzene rings is 1. The SMILES string of the molecule is COC(=O)COc1ccc(NC(=O)[C@@H]2CC[C@H](CN)O2)cc1.Cl. The summed E-state index contributed by atoms with van der Waals surface area (Å²) in [4.78, 5) is 23.0. The highest BCUT2D eigenvalue weighted by molar-refractivity contribution is 5.94. The minimum atomic E-state index is -0.455. The van der Waals surface area contributed by atoms with E-state index in [1.54, 1.807) is 24.3 Å². The predicted molar refractivity (Wildman–Crippen MR) is 86.8 cm³/mol. The molecule has 1 aliphatic heterocycles. The summed E-state index contributed by atoms with van der Waals surface area (Å²) in [7, 11) is 1.30. The molecule has 1 amide bonds. The zero-order valence-electron chi connectivity index (χ0n) is 12.8. The van der Waals surface area contributed by atoms with Crippen molar-refractivity contribution in [2.45, 2.75) is 25.0 Å². The first-order valence-electron chi connectivity index (χ1n) is 7.08. The van der Waals surface area contributed by atoms with Gasteiger partial charge in [0, 0.05) is 12.2 Å². The van der Waals surface area contributed by atoms with Gasteiger partial charge in [0.2, 0.25) is 0 Å². The Morgan fingerprint density at radius 2 is 2.00 bits per heavy atom. The van der Waals surface area contributed by atoms with E-state index in [1.807, 2.05) is 0 Å². The van der Waals surface area contributed by atoms with Gasteiger partial charge in [0.05, 0.1) is 13.2 Å². The third-order valence-electron chi connectivity index (χ3n) is 3.37. The van der Waals surface area contributed by atoms with Gasteiger partial charge in [-0.3, -0.25) is 4.79 Å². The molecule has 0 radical (unpaired) electrons. The Bertz CT molecular complexity index is 523. The molecule has 1 heterocycles. The van der Waals surface area contributed by atoms with Crippen molar-refractivity contribution in [3.8, 4) is 5.75 Å². The number of esters is 1. The number of nitrogens with two attached hydrogens (primary N) is 1. The molecule has 1 aliphatic rings. The number of hydrogen-bond donors (Lipinski definition) is 2. The number of anilines is 1. The van der Waals surface area contributed by atoms with Crippen LogP contribution in [-0.2, 0) is 19.1 Å². The van der Waals surface area contributed by atoms with Gasteiger partial charge in [0.15, 0.2) is 6.61 Å². The zero-order chi connectivity index (χ0) is 15.9. The van der Waals surface area contributed by atoms with E-state index < -0.39 is 12.1 Å². The van der Waals surface area contributed by atoms with Gasteiger partial charge in [-0.1, -0.05) is 0 Å². The molecule has 0 aromatic heterocycles. The van der Waals surface area contributed by atoms with E-state index in [9.17, 15) is 9.59 Å². The van der Waals surface area contributed by atoms with Gasteiger partial charge >= 0.3 is 5.97 Å². The number of halogens is 1. The maximum absolute atomic E-state index is 12.0. The fourth-order valence-corrected chi connectivity index (χ4v) is 2.13. The molecule has 1 fully saturated rings.